The van der Waals surface area contributed by atoms with Gasteiger partial charge in [0, 0.05) is 0 Å². The van der Waals surface area contributed by atoms with Gasteiger partial charge in [0.2, 0.25) is 0 Å². The normalized spacial score (nSPS) is 13.0. The second-order valence-electron chi connectivity index (χ2n) is 5.18. The van der Waals surface area contributed by atoms with Crippen molar-refractivity contribution >= 4 is 11.9 Å². The molecule has 100 valence electrons. The van der Waals surface area contributed by atoms with E-state index in [1.807, 2.05) is 13.8 Å². The van der Waals surface area contributed by atoms with Crippen molar-refractivity contribution in [2.45, 2.75) is 72.0 Å². The number of carbonyl (C=O) groups excluding carboxylic acids is 2. The van der Waals surface area contributed by atoms with Gasteiger partial charge in [0.05, 0.1) is 18.9 Å². The van der Waals surface area contributed by atoms with Crippen LogP contribution in [0.2, 0.25) is 0 Å². The summed E-state index contributed by atoms with van der Waals surface area (Å²) >= 11 is 0. The van der Waals surface area contributed by atoms with E-state index in [2.05, 4.69) is 0 Å². The maximum atomic E-state index is 11.4. The molecule has 0 unspecified atom stereocenters. The molecule has 0 aliphatic rings. The van der Waals surface area contributed by atoms with E-state index in [1.54, 1.807) is 20.8 Å². The number of carbonyl (C=O) groups is 2. The van der Waals surface area contributed by atoms with Crippen LogP contribution in [-0.4, -0.2) is 23.6 Å². The third-order valence-electron chi connectivity index (χ3n) is 1.98. The van der Waals surface area contributed by atoms with Gasteiger partial charge in [-0.15, -0.1) is 0 Å². The van der Waals surface area contributed by atoms with Crippen molar-refractivity contribution in [2.24, 2.45) is 0 Å². The van der Waals surface area contributed by atoms with Crippen molar-refractivity contribution in [1.82, 2.24) is 0 Å². The summed E-state index contributed by atoms with van der Waals surface area (Å²) in [7, 11) is 0. The van der Waals surface area contributed by atoms with Crippen LogP contribution in [0.1, 0.15) is 60.3 Å². The van der Waals surface area contributed by atoms with E-state index in [1.165, 1.54) is 0 Å². The van der Waals surface area contributed by atoms with Gasteiger partial charge < -0.3 is 9.47 Å². The van der Waals surface area contributed by atoms with Gasteiger partial charge in [-0.3, -0.25) is 9.59 Å². The zero-order valence-corrected chi connectivity index (χ0v) is 11.5. The zero-order chi connectivity index (χ0) is 13.5. The molecule has 0 saturated heterocycles. The fourth-order valence-corrected chi connectivity index (χ4v) is 1.35. The van der Waals surface area contributed by atoms with E-state index in [4.69, 9.17) is 9.47 Å². The predicted octanol–water partition coefficient (Wildman–Crippen LogP) is 2.84. The highest BCUT2D eigenvalue weighted by Gasteiger charge is 2.18. The number of ether oxygens (including phenoxy) is 2. The van der Waals surface area contributed by atoms with Gasteiger partial charge in [-0.05, 0) is 34.1 Å². The minimum Gasteiger partial charge on any atom is -0.463 e. The van der Waals surface area contributed by atoms with Gasteiger partial charge in [-0.2, -0.15) is 0 Å². The summed E-state index contributed by atoms with van der Waals surface area (Å²) in [5.74, 6) is -0.700. The van der Waals surface area contributed by atoms with Crippen molar-refractivity contribution < 1.29 is 19.1 Å². The van der Waals surface area contributed by atoms with Crippen LogP contribution in [-0.2, 0) is 19.1 Å². The standard InChI is InChI=1S/C13H24O4/c1-6-7-10(2)16-11(14)8-9-12(15)17-13(3,4)5/h10H,6-9H2,1-5H3/t10-/m1/s1. The van der Waals surface area contributed by atoms with Gasteiger partial charge in [-0.1, -0.05) is 13.3 Å². The largest absolute Gasteiger partial charge is 0.463 e. The third kappa shape index (κ3) is 9.85. The quantitative estimate of drug-likeness (QED) is 0.674. The zero-order valence-electron chi connectivity index (χ0n) is 11.5. The number of rotatable bonds is 6. The third-order valence-corrected chi connectivity index (χ3v) is 1.98. The maximum absolute atomic E-state index is 11.4. The van der Waals surface area contributed by atoms with Gasteiger partial charge in [-0.25, -0.2) is 0 Å². The fraction of sp³-hybridized carbons (Fsp3) is 0.846. The minimum absolute atomic E-state index is 0.0777. The Morgan fingerprint density at radius 3 is 2.12 bits per heavy atom. The molecule has 0 N–H and O–H groups in total. The van der Waals surface area contributed by atoms with Crippen LogP contribution in [0.4, 0.5) is 0 Å². The van der Waals surface area contributed by atoms with E-state index in [-0.39, 0.29) is 30.9 Å². The molecular weight excluding hydrogens is 220 g/mol. The van der Waals surface area contributed by atoms with Crippen LogP contribution in [0, 0.1) is 0 Å². The first-order chi connectivity index (χ1) is 7.74. The second-order valence-corrected chi connectivity index (χ2v) is 5.18. The van der Waals surface area contributed by atoms with Gasteiger partial charge >= 0.3 is 11.9 Å². The highest BCUT2D eigenvalue weighted by molar-refractivity contribution is 5.77. The molecule has 4 nitrogen and oxygen atoms in total. The number of hydrogen-bond donors (Lipinski definition) is 0. The topological polar surface area (TPSA) is 52.6 Å². The summed E-state index contributed by atoms with van der Waals surface area (Å²) in [4.78, 5) is 22.7. The van der Waals surface area contributed by atoms with E-state index >= 15 is 0 Å². The Balaban J connectivity index is 3.81. The Hall–Kier alpha value is -1.06. The smallest absolute Gasteiger partial charge is 0.306 e. The fourth-order valence-electron chi connectivity index (χ4n) is 1.35. The molecule has 0 saturated carbocycles. The average Bonchev–Trinajstić information content (AvgIpc) is 2.12. The molecular formula is C13H24O4. The first kappa shape index (κ1) is 15.9. The highest BCUT2D eigenvalue weighted by atomic mass is 16.6. The van der Waals surface area contributed by atoms with Gasteiger partial charge in [0.1, 0.15) is 5.60 Å². The molecule has 0 aliphatic carbocycles. The molecule has 1 atom stereocenters. The summed E-state index contributed by atoms with van der Waals surface area (Å²) in [5.41, 5.74) is -0.503. The van der Waals surface area contributed by atoms with E-state index < -0.39 is 5.60 Å². The Kier molecular flexibility index (Phi) is 6.85. The summed E-state index contributed by atoms with van der Waals surface area (Å²) in [6.07, 6.45) is 1.91. The van der Waals surface area contributed by atoms with Crippen molar-refractivity contribution in [1.29, 1.82) is 0 Å². The molecule has 4 heteroatoms. The minimum atomic E-state index is -0.503. The molecule has 0 fully saturated rings. The first-order valence-corrected chi connectivity index (χ1v) is 6.16. The Bertz CT molecular complexity index is 253. The van der Waals surface area contributed by atoms with Gasteiger partial charge in [0.15, 0.2) is 0 Å². The van der Waals surface area contributed by atoms with Crippen molar-refractivity contribution in [3.63, 3.8) is 0 Å². The van der Waals surface area contributed by atoms with E-state index in [9.17, 15) is 9.59 Å². The van der Waals surface area contributed by atoms with Crippen LogP contribution >= 0.6 is 0 Å². The molecule has 0 heterocycles. The van der Waals surface area contributed by atoms with Crippen LogP contribution in [0.3, 0.4) is 0 Å². The molecule has 17 heavy (non-hydrogen) atoms. The molecule has 0 aliphatic heterocycles. The SMILES string of the molecule is CCC[C@@H](C)OC(=O)CCC(=O)OC(C)(C)C. The molecule has 0 aromatic heterocycles. The molecule has 0 radical (unpaired) electrons. The van der Waals surface area contributed by atoms with Crippen molar-refractivity contribution in [2.75, 3.05) is 0 Å². The Morgan fingerprint density at radius 1 is 1.12 bits per heavy atom. The molecule has 0 aromatic rings. The first-order valence-electron chi connectivity index (χ1n) is 6.16. The summed E-state index contributed by atoms with van der Waals surface area (Å²) in [6.45, 7) is 9.28. The van der Waals surface area contributed by atoms with Crippen LogP contribution in [0.5, 0.6) is 0 Å². The lowest BCUT2D eigenvalue weighted by atomic mass is 10.2. The lowest BCUT2D eigenvalue weighted by molar-refractivity contribution is -0.159. The number of hydrogen-bond acceptors (Lipinski definition) is 4. The molecule has 0 amide bonds. The van der Waals surface area contributed by atoms with E-state index in [0.717, 1.165) is 12.8 Å². The van der Waals surface area contributed by atoms with E-state index in [0.29, 0.717) is 0 Å². The van der Waals surface area contributed by atoms with Crippen LogP contribution in [0.25, 0.3) is 0 Å². The van der Waals surface area contributed by atoms with Gasteiger partial charge in [0.25, 0.3) is 0 Å². The molecule has 0 bridgehead atoms. The second kappa shape index (κ2) is 7.30. The lowest BCUT2D eigenvalue weighted by Gasteiger charge is -2.19. The number of esters is 2. The van der Waals surface area contributed by atoms with Crippen molar-refractivity contribution in [3.8, 4) is 0 Å². The van der Waals surface area contributed by atoms with Crippen molar-refractivity contribution in [3.05, 3.63) is 0 Å². The van der Waals surface area contributed by atoms with Crippen LogP contribution in [0.15, 0.2) is 0 Å². The van der Waals surface area contributed by atoms with Crippen LogP contribution < -0.4 is 0 Å². The lowest BCUT2D eigenvalue weighted by Crippen LogP contribution is -2.24. The maximum Gasteiger partial charge on any atom is 0.306 e. The summed E-state index contributed by atoms with van der Waals surface area (Å²) in [6, 6.07) is 0. The molecule has 0 rings (SSSR count). The monoisotopic (exact) mass is 244 g/mol. The summed E-state index contributed by atoms with van der Waals surface area (Å²) < 4.78 is 10.2. The molecule has 0 spiro atoms. The average molecular weight is 244 g/mol. The summed E-state index contributed by atoms with van der Waals surface area (Å²) in [5, 5.41) is 0. The Labute approximate surface area is 104 Å². The highest BCUT2D eigenvalue weighted by Crippen LogP contribution is 2.10. The Morgan fingerprint density at radius 2 is 1.65 bits per heavy atom. The predicted molar refractivity (Wildman–Crippen MR) is 65.5 cm³/mol. The molecule has 0 aromatic carbocycles.